The van der Waals surface area contributed by atoms with Crippen LogP contribution in [0, 0.1) is 17.2 Å². The molecule has 0 saturated heterocycles. The van der Waals surface area contributed by atoms with Crippen LogP contribution in [-0.2, 0) is 9.53 Å². The summed E-state index contributed by atoms with van der Waals surface area (Å²) in [6.07, 6.45) is 1.95. The van der Waals surface area contributed by atoms with Gasteiger partial charge in [0.15, 0.2) is 0 Å². The maximum absolute atomic E-state index is 11.9. The van der Waals surface area contributed by atoms with Crippen LogP contribution in [-0.4, -0.2) is 37.6 Å². The zero-order chi connectivity index (χ0) is 12.4. The van der Waals surface area contributed by atoms with Crippen molar-refractivity contribution in [1.29, 1.82) is 5.26 Å². The molecule has 1 unspecified atom stereocenters. The maximum Gasteiger partial charge on any atom is 0.222 e. The molecule has 0 aromatic heterocycles. The van der Waals surface area contributed by atoms with E-state index in [-0.39, 0.29) is 5.91 Å². The van der Waals surface area contributed by atoms with Gasteiger partial charge in [-0.2, -0.15) is 5.26 Å². The molecule has 0 rings (SSSR count). The van der Waals surface area contributed by atoms with Gasteiger partial charge >= 0.3 is 0 Å². The van der Waals surface area contributed by atoms with E-state index in [9.17, 15) is 4.79 Å². The second kappa shape index (κ2) is 9.17. The maximum atomic E-state index is 11.9. The van der Waals surface area contributed by atoms with E-state index in [0.29, 0.717) is 38.5 Å². The molecule has 0 spiro atoms. The van der Waals surface area contributed by atoms with Gasteiger partial charge in [0.2, 0.25) is 5.91 Å². The van der Waals surface area contributed by atoms with Crippen molar-refractivity contribution in [2.24, 2.45) is 5.92 Å². The van der Waals surface area contributed by atoms with E-state index in [0.717, 1.165) is 6.42 Å². The Morgan fingerprint density at radius 1 is 1.50 bits per heavy atom. The summed E-state index contributed by atoms with van der Waals surface area (Å²) in [4.78, 5) is 13.6. The number of rotatable bonds is 8. The largest absolute Gasteiger partial charge is 0.383 e. The third kappa shape index (κ3) is 6.41. The van der Waals surface area contributed by atoms with Gasteiger partial charge in [0.25, 0.3) is 0 Å². The van der Waals surface area contributed by atoms with E-state index in [1.54, 1.807) is 12.0 Å². The average molecular weight is 226 g/mol. The van der Waals surface area contributed by atoms with Crippen molar-refractivity contribution in [2.75, 3.05) is 26.8 Å². The first-order valence-electron chi connectivity index (χ1n) is 5.79. The highest BCUT2D eigenvalue weighted by Crippen LogP contribution is 2.09. The van der Waals surface area contributed by atoms with Crippen LogP contribution in [0.3, 0.4) is 0 Å². The Kier molecular flexibility index (Phi) is 8.55. The molecule has 92 valence electrons. The number of ether oxygens (including phenoxy) is 1. The zero-order valence-electron chi connectivity index (χ0n) is 10.5. The normalized spacial score (nSPS) is 11.9. The number of hydrogen-bond donors (Lipinski definition) is 0. The fraction of sp³-hybridized carbons (Fsp3) is 0.833. The van der Waals surface area contributed by atoms with Gasteiger partial charge in [-0.15, -0.1) is 0 Å². The lowest BCUT2D eigenvalue weighted by atomic mass is 10.0. The molecule has 4 heteroatoms. The number of nitrogens with zero attached hydrogens (tertiary/aromatic N) is 2. The summed E-state index contributed by atoms with van der Waals surface area (Å²) in [5.74, 6) is 0.529. The minimum atomic E-state index is 0.127. The van der Waals surface area contributed by atoms with Crippen LogP contribution in [0.2, 0.25) is 0 Å². The Hall–Kier alpha value is -1.08. The molecule has 4 nitrogen and oxygen atoms in total. The molecule has 1 atom stereocenters. The van der Waals surface area contributed by atoms with E-state index in [1.165, 1.54) is 0 Å². The Balaban J connectivity index is 4.14. The summed E-state index contributed by atoms with van der Waals surface area (Å²) >= 11 is 0. The lowest BCUT2D eigenvalue weighted by molar-refractivity contribution is -0.132. The Morgan fingerprint density at radius 3 is 2.69 bits per heavy atom. The van der Waals surface area contributed by atoms with Crippen molar-refractivity contribution in [3.63, 3.8) is 0 Å². The minimum Gasteiger partial charge on any atom is -0.383 e. The smallest absolute Gasteiger partial charge is 0.222 e. The van der Waals surface area contributed by atoms with Gasteiger partial charge in [-0.1, -0.05) is 20.3 Å². The zero-order valence-corrected chi connectivity index (χ0v) is 10.5. The van der Waals surface area contributed by atoms with Crippen LogP contribution in [0.15, 0.2) is 0 Å². The van der Waals surface area contributed by atoms with Gasteiger partial charge in [-0.25, -0.2) is 0 Å². The van der Waals surface area contributed by atoms with E-state index >= 15 is 0 Å². The SMILES string of the molecule is CCC(C)CC(=O)N(CCC#N)CCOC. The van der Waals surface area contributed by atoms with Crippen molar-refractivity contribution >= 4 is 5.91 Å². The molecule has 0 aliphatic carbocycles. The molecule has 0 heterocycles. The van der Waals surface area contributed by atoms with Crippen molar-refractivity contribution < 1.29 is 9.53 Å². The molecule has 0 N–H and O–H groups in total. The number of carbonyl (C=O) groups is 1. The van der Waals surface area contributed by atoms with Crippen LogP contribution in [0.4, 0.5) is 0 Å². The summed E-state index contributed by atoms with van der Waals surface area (Å²) in [6, 6.07) is 2.06. The van der Waals surface area contributed by atoms with E-state index < -0.39 is 0 Å². The lowest BCUT2D eigenvalue weighted by Gasteiger charge is -2.22. The Labute approximate surface area is 98.2 Å². The molecule has 0 aliphatic heterocycles. The minimum absolute atomic E-state index is 0.127. The van der Waals surface area contributed by atoms with Crippen LogP contribution in [0.1, 0.15) is 33.1 Å². The highest BCUT2D eigenvalue weighted by atomic mass is 16.5. The standard InChI is InChI=1S/C12H22N2O2/c1-4-11(2)10-12(15)14(7-5-6-13)8-9-16-3/h11H,4-5,7-10H2,1-3H3. The summed E-state index contributed by atoms with van der Waals surface area (Å²) in [6.45, 7) is 5.75. The van der Waals surface area contributed by atoms with Crippen LogP contribution < -0.4 is 0 Å². The van der Waals surface area contributed by atoms with E-state index in [2.05, 4.69) is 19.9 Å². The van der Waals surface area contributed by atoms with Gasteiger partial charge in [0.1, 0.15) is 0 Å². The fourth-order valence-electron chi connectivity index (χ4n) is 1.32. The number of nitriles is 1. The summed E-state index contributed by atoms with van der Waals surface area (Å²) in [5, 5.41) is 8.53. The lowest BCUT2D eigenvalue weighted by Crippen LogP contribution is -2.35. The van der Waals surface area contributed by atoms with Crippen molar-refractivity contribution in [3.05, 3.63) is 0 Å². The van der Waals surface area contributed by atoms with Crippen molar-refractivity contribution in [3.8, 4) is 6.07 Å². The van der Waals surface area contributed by atoms with Crippen LogP contribution in [0.25, 0.3) is 0 Å². The number of amides is 1. The second-order valence-corrected chi connectivity index (χ2v) is 4.00. The topological polar surface area (TPSA) is 53.3 Å². The molecule has 0 aromatic rings. The quantitative estimate of drug-likeness (QED) is 0.634. The molecular formula is C12H22N2O2. The second-order valence-electron chi connectivity index (χ2n) is 4.00. The van der Waals surface area contributed by atoms with Gasteiger partial charge in [-0.3, -0.25) is 4.79 Å². The summed E-state index contributed by atoms with van der Waals surface area (Å²) in [5.41, 5.74) is 0. The first-order chi connectivity index (χ1) is 7.65. The highest BCUT2D eigenvalue weighted by molar-refractivity contribution is 5.76. The van der Waals surface area contributed by atoms with Crippen LogP contribution >= 0.6 is 0 Å². The molecule has 0 radical (unpaired) electrons. The molecule has 0 bridgehead atoms. The molecule has 0 saturated carbocycles. The van der Waals surface area contributed by atoms with Crippen molar-refractivity contribution in [1.82, 2.24) is 4.90 Å². The molecule has 0 aromatic carbocycles. The molecule has 0 fully saturated rings. The highest BCUT2D eigenvalue weighted by Gasteiger charge is 2.15. The number of methoxy groups -OCH3 is 1. The average Bonchev–Trinajstić information content (AvgIpc) is 2.28. The first kappa shape index (κ1) is 14.9. The number of carbonyl (C=O) groups excluding carboxylic acids is 1. The van der Waals surface area contributed by atoms with E-state index in [4.69, 9.17) is 10.00 Å². The molecular weight excluding hydrogens is 204 g/mol. The predicted octanol–water partition coefficient (Wildman–Crippen LogP) is 1.81. The van der Waals surface area contributed by atoms with Gasteiger partial charge < -0.3 is 9.64 Å². The van der Waals surface area contributed by atoms with Gasteiger partial charge in [0, 0.05) is 26.6 Å². The van der Waals surface area contributed by atoms with Gasteiger partial charge in [0.05, 0.1) is 19.1 Å². The van der Waals surface area contributed by atoms with Crippen molar-refractivity contribution in [2.45, 2.75) is 33.1 Å². The summed E-state index contributed by atoms with van der Waals surface area (Å²) < 4.78 is 4.96. The summed E-state index contributed by atoms with van der Waals surface area (Å²) in [7, 11) is 1.61. The Morgan fingerprint density at radius 2 is 2.19 bits per heavy atom. The molecule has 0 aliphatic rings. The third-order valence-corrected chi connectivity index (χ3v) is 2.63. The van der Waals surface area contributed by atoms with Gasteiger partial charge in [-0.05, 0) is 5.92 Å². The van der Waals surface area contributed by atoms with E-state index in [1.807, 2.05) is 0 Å². The molecule has 16 heavy (non-hydrogen) atoms. The fourth-order valence-corrected chi connectivity index (χ4v) is 1.32. The van der Waals surface area contributed by atoms with Crippen LogP contribution in [0.5, 0.6) is 0 Å². The monoisotopic (exact) mass is 226 g/mol. The predicted molar refractivity (Wildman–Crippen MR) is 62.8 cm³/mol. The first-order valence-corrected chi connectivity index (χ1v) is 5.79. The third-order valence-electron chi connectivity index (χ3n) is 2.63. The number of hydrogen-bond acceptors (Lipinski definition) is 3. The Bertz CT molecular complexity index is 236. The molecule has 1 amide bonds.